The molecular formula is C15H24N2O2S. The Hall–Kier alpha value is -1.07. The second-order valence-electron chi connectivity index (χ2n) is 5.74. The molecule has 0 radical (unpaired) electrons. The Bertz CT molecular complexity index is 472. The molecule has 0 unspecified atom stereocenters. The smallest absolute Gasteiger partial charge is 0.317 e. The third-order valence-corrected chi connectivity index (χ3v) is 5.06. The first-order valence-corrected chi connectivity index (χ1v) is 8.02. The third kappa shape index (κ3) is 3.73. The SMILES string of the molecule is Cc1cc(CNC(=O)N(C)C[C@@H]2CCC[C@H]2O)c(C)s1. The second-order valence-corrected chi connectivity index (χ2v) is 7.20. The Morgan fingerprint density at radius 3 is 2.80 bits per heavy atom. The number of hydrogen-bond donors (Lipinski definition) is 2. The quantitative estimate of drug-likeness (QED) is 0.897. The molecular weight excluding hydrogens is 272 g/mol. The van der Waals surface area contributed by atoms with E-state index in [1.807, 2.05) is 0 Å². The predicted molar refractivity (Wildman–Crippen MR) is 82.0 cm³/mol. The number of hydrogen-bond acceptors (Lipinski definition) is 3. The fourth-order valence-corrected chi connectivity index (χ4v) is 3.78. The molecule has 112 valence electrons. The van der Waals surface area contributed by atoms with Crippen LogP contribution in [0.1, 0.15) is 34.6 Å². The van der Waals surface area contributed by atoms with E-state index < -0.39 is 0 Å². The minimum atomic E-state index is -0.244. The topological polar surface area (TPSA) is 52.6 Å². The molecule has 1 aliphatic rings. The number of aliphatic hydroxyl groups excluding tert-OH is 1. The molecule has 2 amide bonds. The molecule has 0 spiro atoms. The lowest BCUT2D eigenvalue weighted by Gasteiger charge is -2.23. The highest BCUT2D eigenvalue weighted by Gasteiger charge is 2.27. The maximum absolute atomic E-state index is 12.1. The van der Waals surface area contributed by atoms with Crippen molar-refractivity contribution in [2.75, 3.05) is 13.6 Å². The van der Waals surface area contributed by atoms with E-state index in [-0.39, 0.29) is 18.1 Å². The molecule has 2 N–H and O–H groups in total. The van der Waals surface area contributed by atoms with Gasteiger partial charge in [-0.15, -0.1) is 11.3 Å². The van der Waals surface area contributed by atoms with Crippen molar-refractivity contribution >= 4 is 17.4 Å². The monoisotopic (exact) mass is 296 g/mol. The maximum atomic E-state index is 12.1. The Kier molecular flexibility index (Phi) is 5.05. The van der Waals surface area contributed by atoms with Crippen LogP contribution in [0, 0.1) is 19.8 Å². The highest BCUT2D eigenvalue weighted by Crippen LogP contribution is 2.26. The largest absolute Gasteiger partial charge is 0.393 e. The number of urea groups is 1. The second kappa shape index (κ2) is 6.59. The van der Waals surface area contributed by atoms with E-state index in [9.17, 15) is 9.90 Å². The first kappa shape index (κ1) is 15.3. The van der Waals surface area contributed by atoms with Gasteiger partial charge in [-0.05, 0) is 38.3 Å². The first-order valence-electron chi connectivity index (χ1n) is 7.20. The lowest BCUT2D eigenvalue weighted by atomic mass is 10.1. The van der Waals surface area contributed by atoms with E-state index >= 15 is 0 Å². The summed E-state index contributed by atoms with van der Waals surface area (Å²) in [5.41, 5.74) is 1.19. The van der Waals surface area contributed by atoms with Crippen molar-refractivity contribution in [1.82, 2.24) is 10.2 Å². The number of nitrogens with one attached hydrogen (secondary N) is 1. The number of amides is 2. The van der Waals surface area contributed by atoms with Crippen LogP contribution in [-0.2, 0) is 6.54 Å². The van der Waals surface area contributed by atoms with Crippen LogP contribution in [0.25, 0.3) is 0 Å². The van der Waals surface area contributed by atoms with Crippen LogP contribution in [0.15, 0.2) is 6.07 Å². The summed E-state index contributed by atoms with van der Waals surface area (Å²) in [6.45, 7) is 5.37. The molecule has 2 atom stereocenters. The molecule has 5 heteroatoms. The van der Waals surface area contributed by atoms with Crippen molar-refractivity contribution in [2.24, 2.45) is 5.92 Å². The zero-order chi connectivity index (χ0) is 14.7. The number of carbonyl (C=O) groups excluding carboxylic acids is 1. The summed E-state index contributed by atoms with van der Waals surface area (Å²) in [5, 5.41) is 12.8. The molecule has 4 nitrogen and oxygen atoms in total. The van der Waals surface area contributed by atoms with Gasteiger partial charge in [0, 0.05) is 35.8 Å². The Morgan fingerprint density at radius 2 is 2.25 bits per heavy atom. The Balaban J connectivity index is 1.80. The van der Waals surface area contributed by atoms with E-state index in [0.29, 0.717) is 13.1 Å². The highest BCUT2D eigenvalue weighted by atomic mass is 32.1. The van der Waals surface area contributed by atoms with Gasteiger partial charge in [-0.1, -0.05) is 6.42 Å². The van der Waals surface area contributed by atoms with Gasteiger partial charge in [0.05, 0.1) is 6.10 Å². The summed E-state index contributed by atoms with van der Waals surface area (Å²) in [4.78, 5) is 16.3. The molecule has 0 aliphatic heterocycles. The molecule has 0 saturated heterocycles. The average Bonchev–Trinajstić information content (AvgIpc) is 2.93. The van der Waals surface area contributed by atoms with Gasteiger partial charge in [0.1, 0.15) is 0 Å². The highest BCUT2D eigenvalue weighted by molar-refractivity contribution is 7.12. The molecule has 0 bridgehead atoms. The lowest BCUT2D eigenvalue weighted by Crippen LogP contribution is -2.40. The fourth-order valence-electron chi connectivity index (χ4n) is 2.83. The Labute approximate surface area is 124 Å². The van der Waals surface area contributed by atoms with Gasteiger partial charge in [0.15, 0.2) is 0 Å². The fraction of sp³-hybridized carbons (Fsp3) is 0.667. The van der Waals surface area contributed by atoms with Crippen LogP contribution in [-0.4, -0.2) is 35.7 Å². The van der Waals surface area contributed by atoms with Crippen LogP contribution in [0.3, 0.4) is 0 Å². The lowest BCUT2D eigenvalue weighted by molar-refractivity contribution is 0.114. The van der Waals surface area contributed by atoms with Crippen molar-refractivity contribution in [3.63, 3.8) is 0 Å². The molecule has 20 heavy (non-hydrogen) atoms. The van der Waals surface area contributed by atoms with Crippen molar-refractivity contribution < 1.29 is 9.90 Å². The van der Waals surface area contributed by atoms with Gasteiger partial charge in [0.25, 0.3) is 0 Å². The maximum Gasteiger partial charge on any atom is 0.317 e. The zero-order valence-electron chi connectivity index (χ0n) is 12.5. The molecule has 0 aromatic carbocycles. The van der Waals surface area contributed by atoms with E-state index in [4.69, 9.17) is 0 Å². The molecule has 1 saturated carbocycles. The summed E-state index contributed by atoms with van der Waals surface area (Å²) < 4.78 is 0. The number of aryl methyl sites for hydroxylation is 2. The minimum Gasteiger partial charge on any atom is -0.393 e. The van der Waals surface area contributed by atoms with E-state index in [0.717, 1.165) is 19.3 Å². The molecule has 1 aromatic heterocycles. The van der Waals surface area contributed by atoms with E-state index in [1.165, 1.54) is 15.3 Å². The summed E-state index contributed by atoms with van der Waals surface area (Å²) in [6.07, 6.45) is 2.70. The Morgan fingerprint density at radius 1 is 1.50 bits per heavy atom. The molecule has 1 aromatic rings. The van der Waals surface area contributed by atoms with Crippen LogP contribution in [0.4, 0.5) is 4.79 Å². The number of nitrogens with zero attached hydrogens (tertiary/aromatic N) is 1. The van der Waals surface area contributed by atoms with Gasteiger partial charge >= 0.3 is 6.03 Å². The zero-order valence-corrected chi connectivity index (χ0v) is 13.3. The van der Waals surface area contributed by atoms with Crippen LogP contribution in [0.5, 0.6) is 0 Å². The molecule has 1 heterocycles. The molecule has 1 aliphatic carbocycles. The molecule has 2 rings (SSSR count). The van der Waals surface area contributed by atoms with Gasteiger partial charge in [-0.25, -0.2) is 4.79 Å². The van der Waals surface area contributed by atoms with Crippen molar-refractivity contribution in [3.8, 4) is 0 Å². The average molecular weight is 296 g/mol. The summed E-state index contributed by atoms with van der Waals surface area (Å²) in [5.74, 6) is 0.232. The van der Waals surface area contributed by atoms with Crippen molar-refractivity contribution in [2.45, 2.75) is 45.8 Å². The number of thiophene rings is 1. The summed E-state index contributed by atoms with van der Waals surface area (Å²) in [6, 6.07) is 2.06. The van der Waals surface area contributed by atoms with Gasteiger partial charge in [-0.3, -0.25) is 0 Å². The van der Waals surface area contributed by atoms with Crippen LogP contribution >= 0.6 is 11.3 Å². The van der Waals surface area contributed by atoms with Crippen LogP contribution < -0.4 is 5.32 Å². The van der Waals surface area contributed by atoms with Crippen molar-refractivity contribution in [1.29, 1.82) is 0 Å². The third-order valence-electron chi connectivity index (χ3n) is 4.05. The minimum absolute atomic E-state index is 0.0626. The van der Waals surface area contributed by atoms with Gasteiger partial charge in [0.2, 0.25) is 0 Å². The standard InChI is InChI=1S/C15H24N2O2S/c1-10-7-13(11(2)20-10)8-16-15(19)17(3)9-12-5-4-6-14(12)18/h7,12,14,18H,4-6,8-9H2,1-3H3,(H,16,19)/t12-,14+/m0/s1. The number of rotatable bonds is 4. The summed E-state index contributed by atoms with van der Waals surface area (Å²) in [7, 11) is 1.80. The molecule has 1 fully saturated rings. The normalized spacial score (nSPS) is 22.0. The van der Waals surface area contributed by atoms with E-state index in [1.54, 1.807) is 23.3 Å². The van der Waals surface area contributed by atoms with Gasteiger partial charge < -0.3 is 15.3 Å². The predicted octanol–water partition coefficient (Wildman–Crippen LogP) is 2.67. The summed E-state index contributed by atoms with van der Waals surface area (Å²) >= 11 is 1.76. The first-order chi connectivity index (χ1) is 9.47. The van der Waals surface area contributed by atoms with Gasteiger partial charge in [-0.2, -0.15) is 0 Å². The van der Waals surface area contributed by atoms with E-state index in [2.05, 4.69) is 25.2 Å². The number of carbonyl (C=O) groups is 1. The van der Waals surface area contributed by atoms with Crippen molar-refractivity contribution in [3.05, 3.63) is 21.4 Å². The van der Waals surface area contributed by atoms with Crippen LogP contribution in [0.2, 0.25) is 0 Å². The number of aliphatic hydroxyl groups is 1.